The number of hydrogen-bond donors (Lipinski definition) is 1. The van der Waals surface area contributed by atoms with Crippen LogP contribution in [0.25, 0.3) is 10.4 Å². The highest BCUT2D eigenvalue weighted by molar-refractivity contribution is 7.15. The number of aromatic nitrogens is 2. The fraction of sp³-hybridized carbons (Fsp3) is 0.568. The van der Waals surface area contributed by atoms with Crippen LogP contribution in [0.2, 0.25) is 0 Å². The van der Waals surface area contributed by atoms with Gasteiger partial charge in [-0.3, -0.25) is 9.69 Å². The Labute approximate surface area is 277 Å². The van der Waals surface area contributed by atoms with Gasteiger partial charge in [-0.25, -0.2) is 14.8 Å². The van der Waals surface area contributed by atoms with E-state index in [1.807, 2.05) is 37.2 Å². The SMILES string of the molecule is COc1ccc([C@H]2CC[C@H](CN(c3cc(-c4cnc(C5CC5)s4)ccn3)C(=O)[C@H]3CC[C@H](OC(=O)NC(C)C)CC3)CC2)cc1C. The number of anilines is 1. The topological polar surface area (TPSA) is 93.7 Å². The van der Waals surface area contributed by atoms with Gasteiger partial charge in [0.25, 0.3) is 0 Å². The fourth-order valence-electron chi connectivity index (χ4n) is 7.12. The van der Waals surface area contributed by atoms with Gasteiger partial charge in [0, 0.05) is 36.8 Å². The van der Waals surface area contributed by atoms with E-state index in [1.54, 1.807) is 18.4 Å². The van der Waals surface area contributed by atoms with Crippen molar-refractivity contribution in [2.75, 3.05) is 18.6 Å². The first kappa shape index (κ1) is 32.5. The standard InChI is InChI=1S/C37H48N4O4S/c1-23(2)40-37(43)45-31-14-11-28(12-15-31)36(42)41(34-20-30(17-18-38-34)33-21-39-35(46-33)27-9-10-27)22-25-5-7-26(8-6-25)29-13-16-32(44-4)24(3)19-29/h13,16-21,23,25-28,31H,5-12,14-15,22H2,1-4H3,(H,40,43)/t25-,26-,28-,31-. The number of methoxy groups -OCH3 is 1. The number of rotatable bonds is 10. The van der Waals surface area contributed by atoms with E-state index in [2.05, 4.69) is 36.5 Å². The van der Waals surface area contributed by atoms with Crippen LogP contribution in [-0.4, -0.2) is 47.8 Å². The second-order valence-electron chi connectivity index (χ2n) is 13.8. The van der Waals surface area contributed by atoms with Crippen LogP contribution in [0.3, 0.4) is 0 Å². The molecule has 9 heteroatoms. The van der Waals surface area contributed by atoms with Crippen molar-refractivity contribution in [1.29, 1.82) is 0 Å². The maximum absolute atomic E-state index is 14.3. The highest BCUT2D eigenvalue weighted by Gasteiger charge is 2.34. The Morgan fingerprint density at radius 3 is 2.37 bits per heavy atom. The first-order valence-electron chi connectivity index (χ1n) is 17.1. The Kier molecular flexibility index (Phi) is 10.3. The number of carbonyl (C=O) groups excluding carboxylic acids is 2. The molecular formula is C37H48N4O4S. The molecule has 0 unspecified atom stereocenters. The van der Waals surface area contributed by atoms with E-state index in [0.29, 0.717) is 50.0 Å². The van der Waals surface area contributed by atoms with Crippen LogP contribution in [0.5, 0.6) is 5.75 Å². The summed E-state index contributed by atoms with van der Waals surface area (Å²) in [6.07, 6.45) is 12.9. The molecule has 0 saturated heterocycles. The molecule has 3 aliphatic rings. The lowest BCUT2D eigenvalue weighted by atomic mass is 9.78. The zero-order chi connectivity index (χ0) is 32.2. The normalized spacial score (nSPS) is 23.2. The molecule has 0 radical (unpaired) electrons. The quantitative estimate of drug-likeness (QED) is 0.238. The molecule has 0 spiro atoms. The molecule has 2 aromatic heterocycles. The largest absolute Gasteiger partial charge is 0.496 e. The molecule has 2 amide bonds. The summed E-state index contributed by atoms with van der Waals surface area (Å²) >= 11 is 1.76. The van der Waals surface area contributed by atoms with Gasteiger partial charge in [-0.15, -0.1) is 11.3 Å². The smallest absolute Gasteiger partial charge is 0.407 e. The summed E-state index contributed by atoms with van der Waals surface area (Å²) in [6.45, 7) is 6.62. The number of hydrogen-bond acceptors (Lipinski definition) is 7. The number of pyridine rings is 1. The molecule has 8 nitrogen and oxygen atoms in total. The van der Waals surface area contributed by atoms with Gasteiger partial charge in [-0.05, 0) is 132 Å². The molecule has 3 aliphatic carbocycles. The zero-order valence-corrected chi connectivity index (χ0v) is 28.5. The van der Waals surface area contributed by atoms with E-state index in [1.165, 1.54) is 29.0 Å². The van der Waals surface area contributed by atoms with Crippen molar-refractivity contribution in [2.45, 2.75) is 109 Å². The predicted molar refractivity (Wildman–Crippen MR) is 183 cm³/mol. The third-order valence-corrected chi connectivity index (χ3v) is 11.1. The lowest BCUT2D eigenvalue weighted by Gasteiger charge is -2.35. The number of carbonyl (C=O) groups is 2. The summed E-state index contributed by atoms with van der Waals surface area (Å²) in [5, 5.41) is 4.02. The van der Waals surface area contributed by atoms with Gasteiger partial charge in [0.05, 0.1) is 17.0 Å². The molecule has 3 fully saturated rings. The van der Waals surface area contributed by atoms with E-state index in [-0.39, 0.29) is 30.1 Å². The molecule has 1 N–H and O–H groups in total. The maximum Gasteiger partial charge on any atom is 0.407 e. The van der Waals surface area contributed by atoms with Crippen LogP contribution in [-0.2, 0) is 9.53 Å². The average Bonchev–Trinajstić information content (AvgIpc) is 3.79. The van der Waals surface area contributed by atoms with Gasteiger partial charge in [-0.1, -0.05) is 12.1 Å². The van der Waals surface area contributed by atoms with E-state index in [0.717, 1.165) is 47.7 Å². The van der Waals surface area contributed by atoms with E-state index in [4.69, 9.17) is 19.4 Å². The molecule has 1 aromatic carbocycles. The van der Waals surface area contributed by atoms with Crippen molar-refractivity contribution < 1.29 is 19.1 Å². The maximum atomic E-state index is 14.3. The molecule has 6 rings (SSSR count). The van der Waals surface area contributed by atoms with Crippen molar-refractivity contribution in [2.24, 2.45) is 11.8 Å². The predicted octanol–water partition coefficient (Wildman–Crippen LogP) is 8.40. The third-order valence-electron chi connectivity index (χ3n) is 9.90. The van der Waals surface area contributed by atoms with Gasteiger partial charge in [0.1, 0.15) is 17.7 Å². The summed E-state index contributed by atoms with van der Waals surface area (Å²) in [5.41, 5.74) is 3.63. The Morgan fingerprint density at radius 2 is 1.70 bits per heavy atom. The lowest BCUT2D eigenvalue weighted by Crippen LogP contribution is -2.43. The highest BCUT2D eigenvalue weighted by Crippen LogP contribution is 2.44. The van der Waals surface area contributed by atoms with Crippen molar-refractivity contribution in [3.63, 3.8) is 0 Å². The van der Waals surface area contributed by atoms with Crippen molar-refractivity contribution >= 4 is 29.2 Å². The summed E-state index contributed by atoms with van der Waals surface area (Å²) in [7, 11) is 1.72. The van der Waals surface area contributed by atoms with Gasteiger partial charge in [-0.2, -0.15) is 0 Å². The van der Waals surface area contributed by atoms with Crippen molar-refractivity contribution in [3.05, 3.63) is 58.9 Å². The number of aryl methyl sites for hydroxylation is 1. The number of alkyl carbamates (subject to hydrolysis) is 1. The van der Waals surface area contributed by atoms with Crippen molar-refractivity contribution in [3.8, 4) is 16.2 Å². The summed E-state index contributed by atoms with van der Waals surface area (Å²) in [6, 6.07) is 10.7. The molecule has 0 atom stereocenters. The molecule has 246 valence electrons. The molecular weight excluding hydrogens is 596 g/mol. The minimum atomic E-state index is -0.374. The van der Waals surface area contributed by atoms with Crippen LogP contribution in [0.4, 0.5) is 10.6 Å². The van der Waals surface area contributed by atoms with E-state index >= 15 is 0 Å². The fourth-order valence-corrected chi connectivity index (χ4v) is 8.20. The molecule has 3 saturated carbocycles. The summed E-state index contributed by atoms with van der Waals surface area (Å²) < 4.78 is 11.1. The van der Waals surface area contributed by atoms with Crippen molar-refractivity contribution in [1.82, 2.24) is 15.3 Å². The first-order valence-corrected chi connectivity index (χ1v) is 17.9. The molecule has 46 heavy (non-hydrogen) atoms. The van der Waals surface area contributed by atoms with Gasteiger partial charge < -0.3 is 14.8 Å². The number of ether oxygens (including phenoxy) is 2. The first-order chi connectivity index (χ1) is 22.3. The number of nitrogens with one attached hydrogen (secondary N) is 1. The van der Waals surface area contributed by atoms with E-state index < -0.39 is 0 Å². The average molecular weight is 645 g/mol. The molecule has 2 heterocycles. The highest BCUT2D eigenvalue weighted by atomic mass is 32.1. The van der Waals surface area contributed by atoms with Crippen LogP contribution in [0, 0.1) is 18.8 Å². The second kappa shape index (κ2) is 14.5. The Balaban J connectivity index is 1.16. The number of amides is 2. The van der Waals surface area contributed by atoms with Gasteiger partial charge in [0.15, 0.2) is 0 Å². The molecule has 3 aromatic rings. The van der Waals surface area contributed by atoms with E-state index in [9.17, 15) is 9.59 Å². The zero-order valence-electron chi connectivity index (χ0n) is 27.7. The van der Waals surface area contributed by atoms with Crippen LogP contribution >= 0.6 is 11.3 Å². The Hall–Kier alpha value is -3.46. The molecule has 0 bridgehead atoms. The van der Waals surface area contributed by atoms with Gasteiger partial charge in [0.2, 0.25) is 5.91 Å². The summed E-state index contributed by atoms with van der Waals surface area (Å²) in [5.74, 6) is 3.25. The minimum absolute atomic E-state index is 0.0304. The summed E-state index contributed by atoms with van der Waals surface area (Å²) in [4.78, 5) is 39.1. The second-order valence-corrected chi connectivity index (χ2v) is 14.9. The number of benzene rings is 1. The lowest BCUT2D eigenvalue weighted by molar-refractivity contribution is -0.124. The Bertz CT molecular complexity index is 1500. The van der Waals surface area contributed by atoms with Crippen LogP contribution < -0.4 is 15.0 Å². The Morgan fingerprint density at radius 1 is 0.957 bits per heavy atom. The minimum Gasteiger partial charge on any atom is -0.496 e. The number of thiazole rings is 1. The monoisotopic (exact) mass is 644 g/mol. The van der Waals surface area contributed by atoms with Crippen LogP contribution in [0.15, 0.2) is 42.7 Å². The third kappa shape index (κ3) is 7.91. The van der Waals surface area contributed by atoms with Crippen LogP contribution in [0.1, 0.15) is 106 Å². The number of nitrogens with zero attached hydrogens (tertiary/aromatic N) is 3. The molecule has 0 aliphatic heterocycles. The van der Waals surface area contributed by atoms with Gasteiger partial charge >= 0.3 is 6.09 Å².